The van der Waals surface area contributed by atoms with E-state index >= 15 is 0 Å². The van der Waals surface area contributed by atoms with E-state index in [1.807, 2.05) is 0 Å². The van der Waals surface area contributed by atoms with Gasteiger partial charge in [0, 0.05) is 12.6 Å². The summed E-state index contributed by atoms with van der Waals surface area (Å²) in [6.45, 7) is 3.14. The maximum atomic E-state index is 5.83. The van der Waals surface area contributed by atoms with Gasteiger partial charge in [0.1, 0.15) is 9.34 Å². The second kappa shape index (κ2) is 5.28. The molecule has 1 atom stereocenters. The Hall–Kier alpha value is -0.120. The second-order valence-corrected chi connectivity index (χ2v) is 6.02. The molecule has 84 valence electrons. The van der Waals surface area contributed by atoms with Crippen LogP contribution in [-0.2, 0) is 6.54 Å². The van der Waals surface area contributed by atoms with Crippen molar-refractivity contribution in [1.82, 2.24) is 10.3 Å². The Morgan fingerprint density at radius 3 is 2.93 bits per heavy atom. The van der Waals surface area contributed by atoms with Crippen LogP contribution in [0.1, 0.15) is 37.6 Å². The molecular formula is C11H17ClN2S. The predicted octanol–water partition coefficient (Wildman–Crippen LogP) is 3.46. The van der Waals surface area contributed by atoms with Crippen molar-refractivity contribution in [2.45, 2.75) is 45.2 Å². The van der Waals surface area contributed by atoms with Crippen LogP contribution >= 0.6 is 22.9 Å². The smallest absolute Gasteiger partial charge is 0.113 e. The Bertz CT molecular complexity index is 307. The van der Waals surface area contributed by atoms with Gasteiger partial charge < -0.3 is 5.32 Å². The monoisotopic (exact) mass is 244 g/mol. The van der Waals surface area contributed by atoms with Gasteiger partial charge in [-0.05, 0) is 25.7 Å². The Balaban J connectivity index is 1.77. The maximum absolute atomic E-state index is 5.83. The molecule has 2 rings (SSSR count). The molecule has 1 N–H and O–H groups in total. The highest BCUT2D eigenvalue weighted by Gasteiger charge is 2.21. The van der Waals surface area contributed by atoms with Crippen LogP contribution in [0.3, 0.4) is 0 Å². The molecule has 4 heteroatoms. The molecule has 1 saturated carbocycles. The Labute approximate surface area is 100 Å². The minimum atomic E-state index is 0.607. The first kappa shape index (κ1) is 11.4. The molecule has 1 aliphatic carbocycles. The van der Waals surface area contributed by atoms with Crippen molar-refractivity contribution in [3.63, 3.8) is 0 Å². The zero-order valence-electron chi connectivity index (χ0n) is 9.00. The molecule has 0 bridgehead atoms. The highest BCUT2D eigenvalue weighted by atomic mass is 35.5. The summed E-state index contributed by atoms with van der Waals surface area (Å²) in [7, 11) is 0. The Morgan fingerprint density at radius 1 is 1.60 bits per heavy atom. The van der Waals surface area contributed by atoms with Crippen molar-refractivity contribution >= 4 is 22.9 Å². The number of nitrogens with one attached hydrogen (secondary N) is 1. The number of rotatable bonds is 4. The van der Waals surface area contributed by atoms with Gasteiger partial charge in [-0.2, -0.15) is 0 Å². The summed E-state index contributed by atoms with van der Waals surface area (Å²) < 4.78 is 0.778. The largest absolute Gasteiger partial charge is 0.308 e. The quantitative estimate of drug-likeness (QED) is 0.878. The van der Waals surface area contributed by atoms with Gasteiger partial charge in [-0.15, -0.1) is 11.3 Å². The normalized spacial score (nSPS) is 19.6. The topological polar surface area (TPSA) is 24.9 Å². The fraction of sp³-hybridized carbons (Fsp3) is 0.727. The van der Waals surface area contributed by atoms with E-state index in [4.69, 9.17) is 11.6 Å². The lowest BCUT2D eigenvalue weighted by Gasteiger charge is -2.19. The number of halogens is 1. The third-order valence-corrected chi connectivity index (χ3v) is 4.32. The standard InChI is InChI=1S/C11H17ClN2S/c1-8(9-4-2-3-5-9)13-7-11-14-6-10(12)15-11/h6,8-9,13H,2-5,7H2,1H3. The van der Waals surface area contributed by atoms with E-state index in [0.29, 0.717) is 6.04 Å². The minimum Gasteiger partial charge on any atom is -0.308 e. The fourth-order valence-electron chi connectivity index (χ4n) is 2.24. The van der Waals surface area contributed by atoms with Gasteiger partial charge in [0.2, 0.25) is 0 Å². The van der Waals surface area contributed by atoms with Crippen LogP contribution in [0.15, 0.2) is 6.20 Å². The van der Waals surface area contributed by atoms with Gasteiger partial charge in [-0.1, -0.05) is 24.4 Å². The summed E-state index contributed by atoms with van der Waals surface area (Å²) in [5, 5.41) is 4.63. The molecule has 0 aromatic carbocycles. The molecule has 1 aliphatic rings. The lowest BCUT2D eigenvalue weighted by molar-refractivity contribution is 0.380. The fourth-order valence-corrected chi connectivity index (χ4v) is 3.15. The third-order valence-electron chi connectivity index (χ3n) is 3.21. The van der Waals surface area contributed by atoms with Crippen LogP contribution in [0.4, 0.5) is 0 Å². The SMILES string of the molecule is CC(NCc1ncc(Cl)s1)C1CCCC1. The van der Waals surface area contributed by atoms with Crippen molar-refractivity contribution in [2.24, 2.45) is 5.92 Å². The molecule has 1 heterocycles. The number of thiazole rings is 1. The van der Waals surface area contributed by atoms with Crippen LogP contribution in [0.25, 0.3) is 0 Å². The van der Waals surface area contributed by atoms with Crippen LogP contribution in [0.5, 0.6) is 0 Å². The van der Waals surface area contributed by atoms with E-state index < -0.39 is 0 Å². The molecule has 0 saturated heterocycles. The van der Waals surface area contributed by atoms with E-state index in [-0.39, 0.29) is 0 Å². The Kier molecular flexibility index (Phi) is 4.00. The third kappa shape index (κ3) is 3.16. The van der Waals surface area contributed by atoms with E-state index in [0.717, 1.165) is 21.8 Å². The predicted molar refractivity (Wildman–Crippen MR) is 65.4 cm³/mol. The van der Waals surface area contributed by atoms with Crippen LogP contribution in [0.2, 0.25) is 4.34 Å². The van der Waals surface area contributed by atoms with E-state index in [2.05, 4.69) is 17.2 Å². The molecular weight excluding hydrogens is 228 g/mol. The van der Waals surface area contributed by atoms with Gasteiger partial charge in [0.15, 0.2) is 0 Å². The highest BCUT2D eigenvalue weighted by molar-refractivity contribution is 7.15. The first-order chi connectivity index (χ1) is 7.25. The van der Waals surface area contributed by atoms with Crippen LogP contribution in [0, 0.1) is 5.92 Å². The number of hydrogen-bond acceptors (Lipinski definition) is 3. The van der Waals surface area contributed by atoms with Gasteiger partial charge in [0.25, 0.3) is 0 Å². The van der Waals surface area contributed by atoms with Crippen molar-refractivity contribution in [3.05, 3.63) is 15.5 Å². The molecule has 1 unspecified atom stereocenters. The van der Waals surface area contributed by atoms with E-state index in [9.17, 15) is 0 Å². The van der Waals surface area contributed by atoms with Crippen LogP contribution < -0.4 is 5.32 Å². The average Bonchev–Trinajstić information content (AvgIpc) is 2.84. The van der Waals surface area contributed by atoms with Crippen molar-refractivity contribution < 1.29 is 0 Å². The molecule has 0 aliphatic heterocycles. The molecule has 0 amide bonds. The molecule has 1 fully saturated rings. The van der Waals surface area contributed by atoms with Crippen molar-refractivity contribution in [2.75, 3.05) is 0 Å². The van der Waals surface area contributed by atoms with Gasteiger partial charge >= 0.3 is 0 Å². The highest BCUT2D eigenvalue weighted by Crippen LogP contribution is 2.27. The van der Waals surface area contributed by atoms with Gasteiger partial charge in [-0.25, -0.2) is 4.98 Å². The molecule has 1 aromatic rings. The first-order valence-electron chi connectivity index (χ1n) is 5.59. The number of aromatic nitrogens is 1. The zero-order chi connectivity index (χ0) is 10.7. The summed E-state index contributed by atoms with van der Waals surface area (Å²) in [6.07, 6.45) is 7.29. The average molecular weight is 245 g/mol. The van der Waals surface area contributed by atoms with Crippen molar-refractivity contribution in [3.8, 4) is 0 Å². The maximum Gasteiger partial charge on any atom is 0.113 e. The lowest BCUT2D eigenvalue weighted by atomic mass is 10.00. The number of hydrogen-bond donors (Lipinski definition) is 1. The first-order valence-corrected chi connectivity index (χ1v) is 6.79. The molecule has 2 nitrogen and oxygen atoms in total. The molecule has 1 aromatic heterocycles. The lowest BCUT2D eigenvalue weighted by Crippen LogP contribution is -2.31. The summed E-state index contributed by atoms with van der Waals surface area (Å²) in [6, 6.07) is 0.607. The number of nitrogens with zero attached hydrogens (tertiary/aromatic N) is 1. The molecule has 0 spiro atoms. The van der Waals surface area contributed by atoms with Crippen molar-refractivity contribution in [1.29, 1.82) is 0 Å². The molecule has 0 radical (unpaired) electrons. The molecule has 15 heavy (non-hydrogen) atoms. The van der Waals surface area contributed by atoms with Crippen LogP contribution in [-0.4, -0.2) is 11.0 Å². The Morgan fingerprint density at radius 2 is 2.33 bits per heavy atom. The summed E-state index contributed by atoms with van der Waals surface area (Å²) in [5.41, 5.74) is 0. The second-order valence-electron chi connectivity index (χ2n) is 4.27. The summed E-state index contributed by atoms with van der Waals surface area (Å²) >= 11 is 7.40. The summed E-state index contributed by atoms with van der Waals surface area (Å²) in [4.78, 5) is 4.24. The van der Waals surface area contributed by atoms with Gasteiger partial charge in [-0.3, -0.25) is 0 Å². The van der Waals surface area contributed by atoms with E-state index in [1.165, 1.54) is 25.7 Å². The van der Waals surface area contributed by atoms with Gasteiger partial charge in [0.05, 0.1) is 6.20 Å². The zero-order valence-corrected chi connectivity index (χ0v) is 10.6. The minimum absolute atomic E-state index is 0.607. The summed E-state index contributed by atoms with van der Waals surface area (Å²) in [5.74, 6) is 0.862. The van der Waals surface area contributed by atoms with E-state index in [1.54, 1.807) is 17.5 Å².